The van der Waals surface area contributed by atoms with Gasteiger partial charge in [-0.1, -0.05) is 23.4 Å². The summed E-state index contributed by atoms with van der Waals surface area (Å²) < 4.78 is 15.6. The highest BCUT2D eigenvalue weighted by molar-refractivity contribution is 6.33. The van der Waals surface area contributed by atoms with Gasteiger partial charge in [0.1, 0.15) is 6.10 Å². The lowest BCUT2D eigenvalue weighted by Gasteiger charge is -2.05. The highest BCUT2D eigenvalue weighted by Crippen LogP contribution is 2.44. The second-order valence-corrected chi connectivity index (χ2v) is 3.94. The van der Waals surface area contributed by atoms with E-state index in [-0.39, 0.29) is 12.9 Å². The van der Waals surface area contributed by atoms with Gasteiger partial charge in [0.2, 0.25) is 6.79 Å². The van der Waals surface area contributed by atoms with Crippen LogP contribution in [0.4, 0.5) is 5.69 Å². The maximum atomic E-state index is 5.99. The molecule has 1 aromatic rings. The van der Waals surface area contributed by atoms with E-state index < -0.39 is 0 Å². The molecule has 90 valence electrons. The molecule has 1 aromatic carbocycles. The molecule has 4 nitrogen and oxygen atoms in total. The Kier molecular flexibility index (Phi) is 3.32. The van der Waals surface area contributed by atoms with Crippen LogP contribution in [0.3, 0.4) is 0 Å². The van der Waals surface area contributed by atoms with Crippen LogP contribution in [-0.4, -0.2) is 20.0 Å². The number of nitrogens with two attached hydrogens (primary N) is 1. The quantitative estimate of drug-likeness (QED) is 0.615. The number of ether oxygens (including phenoxy) is 3. The lowest BCUT2D eigenvalue weighted by molar-refractivity contribution is 0.163. The van der Waals surface area contributed by atoms with Crippen LogP contribution in [0.5, 0.6) is 11.5 Å². The fourth-order valence-corrected chi connectivity index (χ4v) is 1.58. The van der Waals surface area contributed by atoms with Crippen molar-refractivity contribution in [3.05, 3.63) is 16.7 Å². The van der Waals surface area contributed by atoms with Crippen LogP contribution in [0.15, 0.2) is 6.07 Å². The fourth-order valence-electron chi connectivity index (χ4n) is 1.39. The first kappa shape index (κ1) is 11.9. The minimum atomic E-state index is -0.163. The van der Waals surface area contributed by atoms with Gasteiger partial charge in [0.05, 0.1) is 16.3 Å². The molecule has 1 atom stereocenters. The average molecular weight is 254 g/mol. The molecule has 1 aliphatic heterocycles. The molecule has 5 heteroatoms. The highest BCUT2D eigenvalue weighted by atomic mass is 35.5. The van der Waals surface area contributed by atoms with Gasteiger partial charge in [0.25, 0.3) is 0 Å². The van der Waals surface area contributed by atoms with Gasteiger partial charge >= 0.3 is 0 Å². The maximum absolute atomic E-state index is 5.99. The average Bonchev–Trinajstić information content (AvgIpc) is 2.81. The van der Waals surface area contributed by atoms with Crippen LogP contribution in [0.2, 0.25) is 5.02 Å². The normalized spacial score (nSPS) is 14.1. The summed E-state index contributed by atoms with van der Waals surface area (Å²) in [7, 11) is 1.60. The molecule has 0 aromatic heterocycles. The minimum Gasteiger partial charge on any atom is -0.452 e. The molecular weight excluding hydrogens is 242 g/mol. The van der Waals surface area contributed by atoms with Crippen molar-refractivity contribution in [2.24, 2.45) is 0 Å². The summed E-state index contributed by atoms with van der Waals surface area (Å²) >= 11 is 5.99. The summed E-state index contributed by atoms with van der Waals surface area (Å²) in [6.45, 7) is 1.98. The predicted octanol–water partition coefficient (Wildman–Crippen LogP) is 2.04. The van der Waals surface area contributed by atoms with Gasteiger partial charge in [-0.15, -0.1) is 0 Å². The van der Waals surface area contributed by atoms with Crippen molar-refractivity contribution >= 4 is 17.3 Å². The molecule has 0 aliphatic carbocycles. The van der Waals surface area contributed by atoms with Crippen LogP contribution < -0.4 is 15.2 Å². The molecule has 2 N–H and O–H groups in total. The number of fused-ring (bicyclic) bond motifs is 1. The van der Waals surface area contributed by atoms with Gasteiger partial charge in [-0.25, -0.2) is 0 Å². The van der Waals surface area contributed by atoms with E-state index in [1.165, 1.54) is 0 Å². The minimum absolute atomic E-state index is 0.133. The van der Waals surface area contributed by atoms with Gasteiger partial charge in [0.15, 0.2) is 11.5 Å². The first-order chi connectivity index (χ1) is 8.13. The zero-order valence-corrected chi connectivity index (χ0v) is 10.3. The molecular formula is C12H12ClNO3. The van der Waals surface area contributed by atoms with E-state index in [1.54, 1.807) is 13.2 Å². The fraction of sp³-hybridized carbons (Fsp3) is 0.333. The van der Waals surface area contributed by atoms with Crippen molar-refractivity contribution in [1.29, 1.82) is 0 Å². The number of halogens is 1. The standard InChI is InChI=1S/C12H12ClNO3/c1-7(15-2)3-4-8-5-9(13)10(14)12-11(8)16-6-17-12/h5,7H,6,14H2,1-2H3. The zero-order valence-electron chi connectivity index (χ0n) is 9.54. The third-order valence-corrected chi connectivity index (χ3v) is 2.71. The molecule has 0 fully saturated rings. The molecule has 1 aliphatic rings. The van der Waals surface area contributed by atoms with Crippen molar-refractivity contribution in [3.8, 4) is 23.3 Å². The SMILES string of the molecule is COC(C)C#Cc1cc(Cl)c(N)c2c1OCO2. The molecule has 0 bridgehead atoms. The molecule has 0 amide bonds. The van der Waals surface area contributed by atoms with E-state index in [2.05, 4.69) is 11.8 Å². The lowest BCUT2D eigenvalue weighted by atomic mass is 10.1. The Labute approximate surface area is 105 Å². The molecule has 0 saturated heterocycles. The van der Waals surface area contributed by atoms with E-state index >= 15 is 0 Å². The van der Waals surface area contributed by atoms with Crippen molar-refractivity contribution < 1.29 is 14.2 Å². The second kappa shape index (κ2) is 4.74. The zero-order chi connectivity index (χ0) is 12.4. The summed E-state index contributed by atoms with van der Waals surface area (Å²) in [6, 6.07) is 1.67. The first-order valence-electron chi connectivity index (χ1n) is 5.05. The van der Waals surface area contributed by atoms with Crippen molar-refractivity contribution in [2.75, 3.05) is 19.6 Å². The number of rotatable bonds is 1. The second-order valence-electron chi connectivity index (χ2n) is 3.53. The third kappa shape index (κ3) is 2.26. The number of anilines is 1. The largest absolute Gasteiger partial charge is 0.452 e. The maximum Gasteiger partial charge on any atom is 0.231 e. The molecule has 0 radical (unpaired) electrons. The number of benzene rings is 1. The predicted molar refractivity (Wildman–Crippen MR) is 65.3 cm³/mol. The molecule has 17 heavy (non-hydrogen) atoms. The Morgan fingerprint density at radius 2 is 2.18 bits per heavy atom. The highest BCUT2D eigenvalue weighted by Gasteiger charge is 2.22. The van der Waals surface area contributed by atoms with Crippen molar-refractivity contribution in [1.82, 2.24) is 0 Å². The van der Waals surface area contributed by atoms with E-state index in [0.717, 1.165) is 0 Å². The smallest absolute Gasteiger partial charge is 0.231 e. The molecule has 1 heterocycles. The Morgan fingerprint density at radius 3 is 2.88 bits per heavy atom. The Balaban J connectivity index is 2.44. The molecule has 0 spiro atoms. The summed E-state index contributed by atoms with van der Waals surface area (Å²) in [5, 5.41) is 0.406. The summed E-state index contributed by atoms with van der Waals surface area (Å²) in [5.74, 6) is 6.87. The van der Waals surface area contributed by atoms with Gasteiger partial charge in [-0.05, 0) is 13.0 Å². The summed E-state index contributed by atoms with van der Waals surface area (Å²) in [5.41, 5.74) is 6.81. The van der Waals surface area contributed by atoms with Crippen LogP contribution in [0.25, 0.3) is 0 Å². The van der Waals surface area contributed by atoms with E-state index in [9.17, 15) is 0 Å². The van der Waals surface area contributed by atoms with E-state index in [1.807, 2.05) is 6.92 Å². The van der Waals surface area contributed by atoms with Gasteiger partial charge in [0, 0.05) is 7.11 Å². The number of hydrogen-bond donors (Lipinski definition) is 1. The van der Waals surface area contributed by atoms with Crippen LogP contribution in [0, 0.1) is 11.8 Å². The van der Waals surface area contributed by atoms with Crippen LogP contribution in [0.1, 0.15) is 12.5 Å². The Morgan fingerprint density at radius 1 is 1.47 bits per heavy atom. The number of hydrogen-bond acceptors (Lipinski definition) is 4. The van der Waals surface area contributed by atoms with E-state index in [0.29, 0.717) is 27.8 Å². The Bertz CT molecular complexity index is 505. The molecule has 2 rings (SSSR count). The monoisotopic (exact) mass is 253 g/mol. The van der Waals surface area contributed by atoms with Gasteiger partial charge in [-0.3, -0.25) is 0 Å². The topological polar surface area (TPSA) is 53.7 Å². The van der Waals surface area contributed by atoms with Crippen LogP contribution in [-0.2, 0) is 4.74 Å². The van der Waals surface area contributed by atoms with Gasteiger partial charge in [-0.2, -0.15) is 0 Å². The van der Waals surface area contributed by atoms with Crippen molar-refractivity contribution in [3.63, 3.8) is 0 Å². The van der Waals surface area contributed by atoms with Crippen LogP contribution >= 0.6 is 11.6 Å². The van der Waals surface area contributed by atoms with Gasteiger partial charge < -0.3 is 19.9 Å². The summed E-state index contributed by atoms with van der Waals surface area (Å²) in [4.78, 5) is 0. The molecule has 0 saturated carbocycles. The Hall–Kier alpha value is -1.57. The number of nitrogen functional groups attached to an aromatic ring is 1. The lowest BCUT2D eigenvalue weighted by Crippen LogP contribution is -1.99. The molecule has 1 unspecified atom stereocenters. The number of methoxy groups -OCH3 is 1. The van der Waals surface area contributed by atoms with E-state index in [4.69, 9.17) is 31.5 Å². The first-order valence-corrected chi connectivity index (χ1v) is 5.43. The summed E-state index contributed by atoms with van der Waals surface area (Å²) in [6.07, 6.45) is -0.163. The van der Waals surface area contributed by atoms with Crippen molar-refractivity contribution in [2.45, 2.75) is 13.0 Å². The third-order valence-electron chi connectivity index (χ3n) is 2.39.